The van der Waals surface area contributed by atoms with Gasteiger partial charge in [0.1, 0.15) is 16.8 Å². The number of hydrogen-bond acceptors (Lipinski definition) is 6. The first-order valence-electron chi connectivity index (χ1n) is 6.70. The number of halogens is 1. The smallest absolute Gasteiger partial charge is 0.228 e. The van der Waals surface area contributed by atoms with E-state index < -0.39 is 0 Å². The number of aromatic nitrogens is 4. The van der Waals surface area contributed by atoms with Gasteiger partial charge in [-0.2, -0.15) is 4.98 Å². The van der Waals surface area contributed by atoms with Crippen molar-refractivity contribution in [2.24, 2.45) is 0 Å². The minimum Gasteiger partial charge on any atom is -0.369 e. The molecule has 2 aromatic heterocycles. The summed E-state index contributed by atoms with van der Waals surface area (Å²) in [5.74, 6) is 3.39. The zero-order valence-corrected chi connectivity index (χ0v) is 12.2. The van der Waals surface area contributed by atoms with Gasteiger partial charge in [-0.1, -0.05) is 16.8 Å². The second-order valence-corrected chi connectivity index (χ2v) is 5.39. The summed E-state index contributed by atoms with van der Waals surface area (Å²) in [6.07, 6.45) is 2.96. The molecule has 1 saturated carbocycles. The van der Waals surface area contributed by atoms with Crippen LogP contribution in [0, 0.1) is 13.8 Å². The topological polar surface area (TPSA) is 76.7 Å². The minimum atomic E-state index is 0.479. The van der Waals surface area contributed by atoms with E-state index in [-0.39, 0.29) is 0 Å². The molecule has 2 heterocycles. The highest BCUT2D eigenvalue weighted by atomic mass is 35.5. The highest BCUT2D eigenvalue weighted by molar-refractivity contribution is 6.30. The fourth-order valence-corrected chi connectivity index (χ4v) is 2.11. The molecule has 20 heavy (non-hydrogen) atoms. The molecule has 1 N–H and O–H groups in total. The van der Waals surface area contributed by atoms with Crippen molar-refractivity contribution < 1.29 is 4.52 Å². The third-order valence-corrected chi connectivity index (χ3v) is 3.62. The molecule has 7 heteroatoms. The molecule has 0 aliphatic heterocycles. The van der Waals surface area contributed by atoms with Crippen LogP contribution < -0.4 is 5.32 Å². The lowest BCUT2D eigenvalue weighted by atomic mass is 10.3. The van der Waals surface area contributed by atoms with Gasteiger partial charge in [0.25, 0.3) is 0 Å². The van der Waals surface area contributed by atoms with Gasteiger partial charge in [0, 0.05) is 24.4 Å². The average molecular weight is 294 g/mol. The van der Waals surface area contributed by atoms with Crippen LogP contribution in [-0.4, -0.2) is 26.7 Å². The van der Waals surface area contributed by atoms with Crippen LogP contribution in [0.15, 0.2) is 4.52 Å². The van der Waals surface area contributed by atoms with Crippen LogP contribution >= 0.6 is 11.6 Å². The Labute approximate surface area is 122 Å². The van der Waals surface area contributed by atoms with Crippen molar-refractivity contribution in [1.82, 2.24) is 20.1 Å². The van der Waals surface area contributed by atoms with Crippen molar-refractivity contribution in [1.29, 1.82) is 0 Å². The molecular formula is C13H16ClN5O. The second kappa shape index (κ2) is 5.36. The summed E-state index contributed by atoms with van der Waals surface area (Å²) in [6, 6.07) is 0. The molecule has 0 spiro atoms. The van der Waals surface area contributed by atoms with Crippen LogP contribution in [-0.2, 0) is 6.42 Å². The number of anilines is 1. The van der Waals surface area contributed by atoms with Gasteiger partial charge in [-0.3, -0.25) is 0 Å². The predicted octanol–water partition coefficient (Wildman–Crippen LogP) is 2.66. The maximum Gasteiger partial charge on any atom is 0.228 e. The summed E-state index contributed by atoms with van der Waals surface area (Å²) in [5, 5.41) is 7.56. The molecule has 0 saturated heterocycles. The molecule has 1 aliphatic rings. The Morgan fingerprint density at radius 1 is 1.25 bits per heavy atom. The average Bonchev–Trinajstić information content (AvgIpc) is 3.18. The number of nitrogens with zero attached hydrogens (tertiary/aromatic N) is 4. The molecule has 0 bridgehead atoms. The normalized spacial score (nSPS) is 14.6. The maximum atomic E-state index is 6.16. The van der Waals surface area contributed by atoms with E-state index in [1.165, 1.54) is 0 Å². The van der Waals surface area contributed by atoms with Crippen LogP contribution in [0.3, 0.4) is 0 Å². The summed E-state index contributed by atoms with van der Waals surface area (Å²) in [5.41, 5.74) is 0.873. The van der Waals surface area contributed by atoms with E-state index in [4.69, 9.17) is 16.1 Å². The van der Waals surface area contributed by atoms with Crippen LogP contribution in [0.2, 0.25) is 5.15 Å². The summed E-state index contributed by atoms with van der Waals surface area (Å²) < 4.78 is 5.07. The number of hydrogen-bond donors (Lipinski definition) is 1. The van der Waals surface area contributed by atoms with Gasteiger partial charge in [0.2, 0.25) is 5.89 Å². The van der Waals surface area contributed by atoms with Gasteiger partial charge in [-0.05, 0) is 26.7 Å². The van der Waals surface area contributed by atoms with E-state index >= 15 is 0 Å². The first kappa shape index (κ1) is 13.3. The van der Waals surface area contributed by atoms with Crippen LogP contribution in [0.5, 0.6) is 0 Å². The predicted molar refractivity (Wildman–Crippen MR) is 75.0 cm³/mol. The molecule has 0 aromatic carbocycles. The summed E-state index contributed by atoms with van der Waals surface area (Å²) in [4.78, 5) is 13.1. The van der Waals surface area contributed by atoms with Crippen molar-refractivity contribution in [3.05, 3.63) is 28.3 Å². The Bertz CT molecular complexity index is 623. The van der Waals surface area contributed by atoms with E-state index in [2.05, 4.69) is 25.4 Å². The first-order chi connectivity index (χ1) is 9.63. The molecule has 0 unspecified atom stereocenters. The maximum absolute atomic E-state index is 6.16. The van der Waals surface area contributed by atoms with Gasteiger partial charge in [0.05, 0.1) is 0 Å². The zero-order chi connectivity index (χ0) is 14.1. The Kier molecular flexibility index (Phi) is 3.56. The summed E-state index contributed by atoms with van der Waals surface area (Å²) in [6.45, 7) is 4.38. The number of aryl methyl sites for hydroxylation is 1. The summed E-state index contributed by atoms with van der Waals surface area (Å²) >= 11 is 6.16. The van der Waals surface area contributed by atoms with E-state index in [9.17, 15) is 0 Å². The molecular weight excluding hydrogens is 278 g/mol. The largest absolute Gasteiger partial charge is 0.369 e. The van der Waals surface area contributed by atoms with Crippen molar-refractivity contribution in [2.45, 2.75) is 39.0 Å². The van der Waals surface area contributed by atoms with Gasteiger partial charge >= 0.3 is 0 Å². The quantitative estimate of drug-likeness (QED) is 0.854. The molecule has 0 radical (unpaired) electrons. The molecule has 2 aromatic rings. The van der Waals surface area contributed by atoms with E-state index in [0.717, 1.165) is 30.0 Å². The molecule has 1 fully saturated rings. The van der Waals surface area contributed by atoms with Gasteiger partial charge < -0.3 is 9.84 Å². The molecule has 106 valence electrons. The Hall–Kier alpha value is -1.69. The van der Waals surface area contributed by atoms with Crippen molar-refractivity contribution in [2.75, 3.05) is 11.9 Å². The van der Waals surface area contributed by atoms with Crippen LogP contribution in [0.1, 0.15) is 41.9 Å². The number of rotatable bonds is 5. The summed E-state index contributed by atoms with van der Waals surface area (Å²) in [7, 11) is 0. The number of nitrogens with one attached hydrogen (secondary N) is 1. The lowest BCUT2D eigenvalue weighted by molar-refractivity contribution is 0.377. The van der Waals surface area contributed by atoms with Gasteiger partial charge in [-0.15, -0.1) is 0 Å². The van der Waals surface area contributed by atoms with Crippen molar-refractivity contribution in [3.8, 4) is 0 Å². The second-order valence-electron chi connectivity index (χ2n) is 5.03. The molecule has 3 rings (SSSR count). The third-order valence-electron chi connectivity index (χ3n) is 3.25. The molecule has 1 aliphatic carbocycles. The monoisotopic (exact) mass is 293 g/mol. The Morgan fingerprint density at radius 3 is 2.70 bits per heavy atom. The van der Waals surface area contributed by atoms with Crippen LogP contribution in [0.4, 0.5) is 5.82 Å². The van der Waals surface area contributed by atoms with E-state index in [0.29, 0.717) is 35.8 Å². The lowest BCUT2D eigenvalue weighted by Gasteiger charge is -2.10. The van der Waals surface area contributed by atoms with Crippen molar-refractivity contribution in [3.63, 3.8) is 0 Å². The molecule has 6 nitrogen and oxygen atoms in total. The highest BCUT2D eigenvalue weighted by Gasteiger charge is 2.27. The molecule has 0 atom stereocenters. The fraction of sp³-hybridized carbons (Fsp3) is 0.538. The first-order valence-corrected chi connectivity index (χ1v) is 7.08. The van der Waals surface area contributed by atoms with E-state index in [1.807, 2.05) is 6.92 Å². The molecule has 0 amide bonds. The van der Waals surface area contributed by atoms with E-state index in [1.54, 1.807) is 6.92 Å². The minimum absolute atomic E-state index is 0.479. The van der Waals surface area contributed by atoms with Gasteiger partial charge in [-0.25, -0.2) is 9.97 Å². The third kappa shape index (κ3) is 2.90. The Morgan fingerprint density at radius 2 is 2.05 bits per heavy atom. The fourth-order valence-electron chi connectivity index (χ4n) is 1.93. The zero-order valence-electron chi connectivity index (χ0n) is 11.5. The Balaban J connectivity index is 1.67. The highest BCUT2D eigenvalue weighted by Crippen LogP contribution is 2.39. The SMILES string of the molecule is Cc1noc(CCNc2nc(C3CC3)nc(Cl)c2C)n1. The lowest BCUT2D eigenvalue weighted by Crippen LogP contribution is -2.10. The standard InChI is InChI=1S/C13H16ClN5O/c1-7-11(14)17-13(9-3-4-9)18-12(7)15-6-5-10-16-8(2)19-20-10/h9H,3-6H2,1-2H3,(H,15,17,18). The van der Waals surface area contributed by atoms with Crippen LogP contribution in [0.25, 0.3) is 0 Å². The van der Waals surface area contributed by atoms with Gasteiger partial charge in [0.15, 0.2) is 5.82 Å². The van der Waals surface area contributed by atoms with Crippen molar-refractivity contribution >= 4 is 17.4 Å².